The van der Waals surface area contributed by atoms with Gasteiger partial charge in [-0.25, -0.2) is 0 Å². The smallest absolute Gasteiger partial charge is 0.325 e. The zero-order chi connectivity index (χ0) is 14.1. The molecular weight excluding hydrogens is 230 g/mol. The number of ether oxygens (including phenoxy) is 1. The van der Waals surface area contributed by atoms with Crippen LogP contribution in [0.5, 0.6) is 0 Å². The molecule has 1 N–H and O–H groups in total. The summed E-state index contributed by atoms with van der Waals surface area (Å²) < 4.78 is 4.78. The first-order valence-corrected chi connectivity index (χ1v) is 6.80. The highest BCUT2D eigenvalue weighted by molar-refractivity contribution is 5.83. The quantitative estimate of drug-likeness (QED) is 0.679. The van der Waals surface area contributed by atoms with E-state index in [1.54, 1.807) is 6.92 Å². The standard InChI is InChI=1S/C14H27NO3/c1-6-18-13(16)9-15-14(17)12(7-10(2)3)8-11(4)5/h10-12H,6-9H2,1-5H3,(H,15,17). The van der Waals surface area contributed by atoms with Crippen LogP contribution in [0, 0.1) is 17.8 Å². The average Bonchev–Trinajstić information content (AvgIpc) is 2.24. The van der Waals surface area contributed by atoms with E-state index in [1.807, 2.05) is 0 Å². The molecule has 0 aliphatic carbocycles. The maximum absolute atomic E-state index is 12.0. The van der Waals surface area contributed by atoms with Crippen molar-refractivity contribution >= 4 is 11.9 Å². The lowest BCUT2D eigenvalue weighted by Crippen LogP contribution is -2.36. The van der Waals surface area contributed by atoms with E-state index in [2.05, 4.69) is 33.0 Å². The van der Waals surface area contributed by atoms with E-state index in [0.717, 1.165) is 12.8 Å². The van der Waals surface area contributed by atoms with Gasteiger partial charge in [-0.3, -0.25) is 9.59 Å². The highest BCUT2D eigenvalue weighted by atomic mass is 16.5. The second kappa shape index (κ2) is 8.95. The number of carbonyl (C=O) groups excluding carboxylic acids is 2. The third-order valence-corrected chi connectivity index (χ3v) is 2.59. The Kier molecular flexibility index (Phi) is 8.42. The highest BCUT2D eigenvalue weighted by Crippen LogP contribution is 2.20. The fourth-order valence-corrected chi connectivity index (χ4v) is 1.96. The van der Waals surface area contributed by atoms with Crippen molar-refractivity contribution in [2.24, 2.45) is 17.8 Å². The fourth-order valence-electron chi connectivity index (χ4n) is 1.96. The van der Waals surface area contributed by atoms with Gasteiger partial charge in [0.25, 0.3) is 0 Å². The molecule has 0 aliphatic heterocycles. The number of carbonyl (C=O) groups is 2. The summed E-state index contributed by atoms with van der Waals surface area (Å²) in [5, 5.41) is 2.66. The van der Waals surface area contributed by atoms with Crippen LogP contribution in [0.2, 0.25) is 0 Å². The summed E-state index contributed by atoms with van der Waals surface area (Å²) >= 11 is 0. The number of hydrogen-bond acceptors (Lipinski definition) is 3. The Bertz CT molecular complexity index is 252. The Hall–Kier alpha value is -1.06. The number of hydrogen-bond donors (Lipinski definition) is 1. The van der Waals surface area contributed by atoms with E-state index >= 15 is 0 Å². The van der Waals surface area contributed by atoms with Gasteiger partial charge >= 0.3 is 5.97 Å². The largest absolute Gasteiger partial charge is 0.465 e. The number of esters is 1. The molecule has 0 spiro atoms. The van der Waals surface area contributed by atoms with Gasteiger partial charge in [-0.05, 0) is 31.6 Å². The van der Waals surface area contributed by atoms with Crippen molar-refractivity contribution in [2.75, 3.05) is 13.2 Å². The molecule has 0 fully saturated rings. The van der Waals surface area contributed by atoms with Crippen molar-refractivity contribution < 1.29 is 14.3 Å². The SMILES string of the molecule is CCOC(=O)CNC(=O)C(CC(C)C)CC(C)C. The molecule has 0 aromatic heterocycles. The van der Waals surface area contributed by atoms with Crippen LogP contribution < -0.4 is 5.32 Å². The molecule has 1 amide bonds. The van der Waals surface area contributed by atoms with Crippen LogP contribution in [0.25, 0.3) is 0 Å². The minimum Gasteiger partial charge on any atom is -0.465 e. The van der Waals surface area contributed by atoms with Crippen LogP contribution in [0.1, 0.15) is 47.5 Å². The molecule has 106 valence electrons. The molecule has 0 heterocycles. The van der Waals surface area contributed by atoms with Crippen LogP contribution >= 0.6 is 0 Å². The van der Waals surface area contributed by atoms with Crippen molar-refractivity contribution in [2.45, 2.75) is 47.5 Å². The van der Waals surface area contributed by atoms with Gasteiger partial charge in [-0.2, -0.15) is 0 Å². The molecule has 0 bridgehead atoms. The van der Waals surface area contributed by atoms with Crippen LogP contribution in [0.4, 0.5) is 0 Å². The third-order valence-electron chi connectivity index (χ3n) is 2.59. The summed E-state index contributed by atoms with van der Waals surface area (Å²) in [4.78, 5) is 23.2. The van der Waals surface area contributed by atoms with Crippen LogP contribution in [0.15, 0.2) is 0 Å². The average molecular weight is 257 g/mol. The van der Waals surface area contributed by atoms with Gasteiger partial charge in [0.05, 0.1) is 6.61 Å². The van der Waals surface area contributed by atoms with E-state index in [4.69, 9.17) is 4.74 Å². The number of rotatable bonds is 8. The monoisotopic (exact) mass is 257 g/mol. The van der Waals surface area contributed by atoms with E-state index in [0.29, 0.717) is 18.4 Å². The molecule has 0 saturated carbocycles. The summed E-state index contributed by atoms with van der Waals surface area (Å²) in [6.07, 6.45) is 1.71. The van der Waals surface area contributed by atoms with Crippen molar-refractivity contribution in [3.8, 4) is 0 Å². The molecule has 0 aromatic carbocycles. The van der Waals surface area contributed by atoms with Gasteiger partial charge in [-0.15, -0.1) is 0 Å². The van der Waals surface area contributed by atoms with Gasteiger partial charge in [-0.1, -0.05) is 27.7 Å². The number of nitrogens with one attached hydrogen (secondary N) is 1. The van der Waals surface area contributed by atoms with Crippen molar-refractivity contribution in [3.63, 3.8) is 0 Å². The van der Waals surface area contributed by atoms with Crippen molar-refractivity contribution in [1.82, 2.24) is 5.32 Å². The van der Waals surface area contributed by atoms with Crippen molar-refractivity contribution in [1.29, 1.82) is 0 Å². The van der Waals surface area contributed by atoms with Gasteiger partial charge in [0.2, 0.25) is 5.91 Å². The first-order valence-electron chi connectivity index (χ1n) is 6.80. The zero-order valence-electron chi connectivity index (χ0n) is 12.3. The van der Waals surface area contributed by atoms with Crippen molar-refractivity contribution in [3.05, 3.63) is 0 Å². The molecule has 0 atom stereocenters. The Morgan fingerprint density at radius 1 is 1.06 bits per heavy atom. The lowest BCUT2D eigenvalue weighted by atomic mass is 9.89. The summed E-state index contributed by atoms with van der Waals surface area (Å²) in [7, 11) is 0. The molecule has 4 nitrogen and oxygen atoms in total. The minimum atomic E-state index is -0.376. The molecule has 0 aliphatic rings. The van der Waals surface area contributed by atoms with Crippen LogP contribution in [-0.2, 0) is 14.3 Å². The van der Waals surface area contributed by atoms with E-state index in [-0.39, 0.29) is 24.3 Å². The minimum absolute atomic E-state index is 0.0144. The Morgan fingerprint density at radius 2 is 1.56 bits per heavy atom. The molecule has 4 heteroatoms. The molecular formula is C14H27NO3. The predicted octanol–water partition coefficient (Wildman–Crippen LogP) is 2.37. The molecule has 0 unspecified atom stereocenters. The zero-order valence-corrected chi connectivity index (χ0v) is 12.3. The van der Waals surface area contributed by atoms with Gasteiger partial charge in [0, 0.05) is 5.92 Å². The molecule has 0 rings (SSSR count). The van der Waals surface area contributed by atoms with E-state index in [9.17, 15) is 9.59 Å². The molecule has 0 saturated heterocycles. The van der Waals surface area contributed by atoms with Crippen LogP contribution in [0.3, 0.4) is 0 Å². The predicted molar refractivity (Wildman–Crippen MR) is 72.0 cm³/mol. The van der Waals surface area contributed by atoms with E-state index in [1.165, 1.54) is 0 Å². The second-order valence-electron chi connectivity index (χ2n) is 5.48. The van der Waals surface area contributed by atoms with E-state index < -0.39 is 0 Å². The fraction of sp³-hybridized carbons (Fsp3) is 0.857. The van der Waals surface area contributed by atoms with Gasteiger partial charge in [0.15, 0.2) is 0 Å². The topological polar surface area (TPSA) is 55.4 Å². The Morgan fingerprint density at radius 3 is 1.94 bits per heavy atom. The maximum atomic E-state index is 12.0. The molecule has 0 radical (unpaired) electrons. The Labute approximate surface area is 110 Å². The summed E-state index contributed by atoms with van der Waals surface area (Å²) in [5.74, 6) is 0.521. The summed E-state index contributed by atoms with van der Waals surface area (Å²) in [6, 6.07) is 0. The van der Waals surface area contributed by atoms with Gasteiger partial charge in [0.1, 0.15) is 6.54 Å². The lowest BCUT2D eigenvalue weighted by Gasteiger charge is -2.20. The molecule has 18 heavy (non-hydrogen) atoms. The molecule has 0 aromatic rings. The Balaban J connectivity index is 4.24. The normalized spacial score (nSPS) is 11.1. The second-order valence-corrected chi connectivity index (χ2v) is 5.48. The lowest BCUT2D eigenvalue weighted by molar-refractivity contribution is -0.144. The highest BCUT2D eigenvalue weighted by Gasteiger charge is 2.21. The van der Waals surface area contributed by atoms with Crippen LogP contribution in [-0.4, -0.2) is 25.0 Å². The first-order chi connectivity index (χ1) is 8.36. The third kappa shape index (κ3) is 8.09. The summed E-state index contributed by atoms with van der Waals surface area (Å²) in [6.45, 7) is 10.5. The maximum Gasteiger partial charge on any atom is 0.325 e. The first kappa shape index (κ1) is 16.9. The number of amides is 1. The summed E-state index contributed by atoms with van der Waals surface area (Å²) in [5.41, 5.74) is 0. The van der Waals surface area contributed by atoms with Gasteiger partial charge < -0.3 is 10.1 Å².